The molecule has 1 saturated heterocycles. The third-order valence-electron chi connectivity index (χ3n) is 2.12. The van der Waals surface area contributed by atoms with Crippen molar-refractivity contribution in [2.45, 2.75) is 38.4 Å². The van der Waals surface area contributed by atoms with Gasteiger partial charge in [0, 0.05) is 6.54 Å². The van der Waals surface area contributed by atoms with Crippen molar-refractivity contribution in [2.75, 3.05) is 13.1 Å². The van der Waals surface area contributed by atoms with Crippen molar-refractivity contribution in [2.24, 2.45) is 0 Å². The van der Waals surface area contributed by atoms with Crippen LogP contribution in [0.1, 0.15) is 26.2 Å². The number of hydrogen-bond donors (Lipinski definition) is 1. The van der Waals surface area contributed by atoms with Crippen LogP contribution in [0.2, 0.25) is 0 Å². The summed E-state index contributed by atoms with van der Waals surface area (Å²) >= 11 is 0. The van der Waals surface area contributed by atoms with Gasteiger partial charge in [-0.05, 0) is 25.8 Å². The Morgan fingerprint density at radius 3 is 3.08 bits per heavy atom. The highest BCUT2D eigenvalue weighted by Gasteiger charge is 2.16. The van der Waals surface area contributed by atoms with E-state index in [1.807, 2.05) is 6.92 Å². The van der Waals surface area contributed by atoms with Gasteiger partial charge in [0.05, 0.1) is 12.2 Å². The van der Waals surface area contributed by atoms with Gasteiger partial charge < -0.3 is 10.1 Å². The summed E-state index contributed by atoms with van der Waals surface area (Å²) in [6, 6.07) is 2.15. The van der Waals surface area contributed by atoms with E-state index in [2.05, 4.69) is 11.4 Å². The third kappa shape index (κ3) is 2.80. The second-order valence-electron chi connectivity index (χ2n) is 3.13. The van der Waals surface area contributed by atoms with Crippen LogP contribution in [0.5, 0.6) is 0 Å². The lowest BCUT2D eigenvalue weighted by atomic mass is 10.1. The minimum atomic E-state index is -0.213. The molecule has 3 heteroatoms. The highest BCUT2D eigenvalue weighted by Crippen LogP contribution is 2.09. The molecule has 2 unspecified atom stereocenters. The van der Waals surface area contributed by atoms with Gasteiger partial charge in [0.25, 0.3) is 0 Å². The Bertz CT molecular complexity index is 158. The minimum absolute atomic E-state index is 0.213. The summed E-state index contributed by atoms with van der Waals surface area (Å²) < 4.78 is 5.57. The average molecular weight is 168 g/mol. The molecule has 0 spiro atoms. The van der Waals surface area contributed by atoms with Gasteiger partial charge >= 0.3 is 0 Å². The van der Waals surface area contributed by atoms with Crippen molar-refractivity contribution in [3.05, 3.63) is 0 Å². The number of rotatable bonds is 3. The molecule has 0 aromatic heterocycles. The molecule has 2 atom stereocenters. The summed E-state index contributed by atoms with van der Waals surface area (Å²) in [6.07, 6.45) is 3.07. The molecule has 0 saturated carbocycles. The number of piperidine rings is 1. The first kappa shape index (κ1) is 9.50. The van der Waals surface area contributed by atoms with E-state index >= 15 is 0 Å². The predicted octanol–water partition coefficient (Wildman–Crippen LogP) is 1.06. The Morgan fingerprint density at radius 1 is 1.75 bits per heavy atom. The quantitative estimate of drug-likeness (QED) is 0.685. The smallest absolute Gasteiger partial charge is 0.144 e. The van der Waals surface area contributed by atoms with Gasteiger partial charge in [-0.25, -0.2) is 0 Å². The third-order valence-corrected chi connectivity index (χ3v) is 2.12. The van der Waals surface area contributed by atoms with Gasteiger partial charge in [-0.3, -0.25) is 0 Å². The van der Waals surface area contributed by atoms with E-state index in [1.165, 1.54) is 0 Å². The monoisotopic (exact) mass is 168 g/mol. The fraction of sp³-hybridized carbons (Fsp3) is 0.889. The molecule has 0 aliphatic carbocycles. The first-order chi connectivity index (χ1) is 5.86. The van der Waals surface area contributed by atoms with Crippen LogP contribution in [0.4, 0.5) is 0 Å². The molecule has 1 aliphatic rings. The van der Waals surface area contributed by atoms with E-state index in [0.717, 1.165) is 32.4 Å². The molecule has 0 aromatic rings. The van der Waals surface area contributed by atoms with Gasteiger partial charge in [-0.1, -0.05) is 6.92 Å². The number of nitrogens with zero attached hydrogens (tertiary/aromatic N) is 1. The topological polar surface area (TPSA) is 45.0 Å². The summed E-state index contributed by atoms with van der Waals surface area (Å²) in [5.41, 5.74) is 0. The maximum atomic E-state index is 8.66. The van der Waals surface area contributed by atoms with Crippen LogP contribution in [0.3, 0.4) is 0 Å². The van der Waals surface area contributed by atoms with Gasteiger partial charge in [-0.15, -0.1) is 0 Å². The highest BCUT2D eigenvalue weighted by molar-refractivity contribution is 4.84. The van der Waals surface area contributed by atoms with Crippen LogP contribution in [0, 0.1) is 11.3 Å². The Labute approximate surface area is 73.7 Å². The van der Waals surface area contributed by atoms with Crippen LogP contribution in [-0.2, 0) is 4.74 Å². The molecule has 1 aliphatic heterocycles. The predicted molar refractivity (Wildman–Crippen MR) is 46.7 cm³/mol. The minimum Gasteiger partial charge on any atom is -0.359 e. The zero-order valence-electron chi connectivity index (χ0n) is 7.55. The number of nitrogens with one attached hydrogen (secondary N) is 1. The van der Waals surface area contributed by atoms with Gasteiger partial charge in [0.2, 0.25) is 0 Å². The summed E-state index contributed by atoms with van der Waals surface area (Å²) in [7, 11) is 0. The summed E-state index contributed by atoms with van der Waals surface area (Å²) in [6.45, 7) is 3.96. The van der Waals surface area contributed by atoms with Crippen molar-refractivity contribution < 1.29 is 4.74 Å². The molecule has 0 bridgehead atoms. The van der Waals surface area contributed by atoms with E-state index in [-0.39, 0.29) is 12.2 Å². The number of ether oxygens (including phenoxy) is 1. The molecule has 68 valence electrons. The Morgan fingerprint density at radius 2 is 2.58 bits per heavy atom. The Balaban J connectivity index is 2.24. The van der Waals surface area contributed by atoms with E-state index in [9.17, 15) is 0 Å². The van der Waals surface area contributed by atoms with E-state index < -0.39 is 0 Å². The lowest BCUT2D eigenvalue weighted by Gasteiger charge is -2.24. The Kier molecular flexibility index (Phi) is 4.06. The molecule has 1 N–H and O–H groups in total. The fourth-order valence-electron chi connectivity index (χ4n) is 1.39. The largest absolute Gasteiger partial charge is 0.359 e. The normalized spacial score (nSPS) is 26.2. The van der Waals surface area contributed by atoms with Crippen molar-refractivity contribution in [3.63, 3.8) is 0 Å². The Hall–Kier alpha value is -0.590. The second kappa shape index (κ2) is 5.13. The SMILES string of the molecule is CCC(C#N)OC1CCCNC1. The lowest BCUT2D eigenvalue weighted by Crippen LogP contribution is -2.37. The fourth-order valence-corrected chi connectivity index (χ4v) is 1.39. The highest BCUT2D eigenvalue weighted by atomic mass is 16.5. The molecule has 1 rings (SSSR count). The number of nitriles is 1. The second-order valence-corrected chi connectivity index (χ2v) is 3.13. The molecule has 1 heterocycles. The van der Waals surface area contributed by atoms with Crippen LogP contribution in [0.25, 0.3) is 0 Å². The zero-order valence-corrected chi connectivity index (χ0v) is 7.55. The average Bonchev–Trinajstić information content (AvgIpc) is 2.16. The first-order valence-electron chi connectivity index (χ1n) is 4.62. The lowest BCUT2D eigenvalue weighted by molar-refractivity contribution is 0.00280. The van der Waals surface area contributed by atoms with Crippen molar-refractivity contribution >= 4 is 0 Å². The molecule has 0 radical (unpaired) electrons. The van der Waals surface area contributed by atoms with Gasteiger partial charge in [0.15, 0.2) is 0 Å². The van der Waals surface area contributed by atoms with Crippen molar-refractivity contribution in [3.8, 4) is 6.07 Å². The van der Waals surface area contributed by atoms with Crippen LogP contribution in [0.15, 0.2) is 0 Å². The van der Waals surface area contributed by atoms with Crippen LogP contribution < -0.4 is 5.32 Å². The molecule has 12 heavy (non-hydrogen) atoms. The molecule has 3 nitrogen and oxygen atoms in total. The van der Waals surface area contributed by atoms with E-state index in [1.54, 1.807) is 0 Å². The molecule has 1 fully saturated rings. The zero-order chi connectivity index (χ0) is 8.81. The maximum absolute atomic E-state index is 8.66. The molecule has 0 amide bonds. The van der Waals surface area contributed by atoms with Crippen molar-refractivity contribution in [1.29, 1.82) is 5.26 Å². The van der Waals surface area contributed by atoms with Crippen LogP contribution in [-0.4, -0.2) is 25.3 Å². The van der Waals surface area contributed by atoms with Gasteiger partial charge in [-0.2, -0.15) is 5.26 Å². The summed E-state index contributed by atoms with van der Waals surface area (Å²) in [5.74, 6) is 0. The van der Waals surface area contributed by atoms with Crippen molar-refractivity contribution in [1.82, 2.24) is 5.32 Å². The van der Waals surface area contributed by atoms with Crippen LogP contribution >= 0.6 is 0 Å². The standard InChI is InChI=1S/C9H16N2O/c1-2-8(6-10)12-9-4-3-5-11-7-9/h8-9,11H,2-5,7H2,1H3. The maximum Gasteiger partial charge on any atom is 0.144 e. The van der Waals surface area contributed by atoms with E-state index in [0.29, 0.717) is 0 Å². The summed E-state index contributed by atoms with van der Waals surface area (Å²) in [4.78, 5) is 0. The molecule has 0 aromatic carbocycles. The first-order valence-corrected chi connectivity index (χ1v) is 4.62. The van der Waals surface area contributed by atoms with E-state index in [4.69, 9.17) is 10.00 Å². The van der Waals surface area contributed by atoms with Gasteiger partial charge in [0.1, 0.15) is 6.10 Å². The molecular weight excluding hydrogens is 152 g/mol. The number of hydrogen-bond acceptors (Lipinski definition) is 3. The molecular formula is C9H16N2O. The summed E-state index contributed by atoms with van der Waals surface area (Å²) in [5, 5.41) is 11.9.